The normalized spacial score (nSPS) is 37.8. The number of rotatable bonds is 4. The molecule has 4 aliphatic rings. The summed E-state index contributed by atoms with van der Waals surface area (Å²) in [5.74, 6) is 1.55. The highest BCUT2D eigenvalue weighted by atomic mass is 16.5. The zero-order valence-corrected chi connectivity index (χ0v) is 13.6. The van der Waals surface area contributed by atoms with Crippen molar-refractivity contribution in [2.45, 2.75) is 50.4 Å². The lowest BCUT2D eigenvalue weighted by Crippen LogP contribution is -2.61. The second-order valence-electron chi connectivity index (χ2n) is 7.83. The van der Waals surface area contributed by atoms with Crippen LogP contribution in [0.15, 0.2) is 24.3 Å². The second kappa shape index (κ2) is 5.60. The van der Waals surface area contributed by atoms with Gasteiger partial charge in [0.05, 0.1) is 12.2 Å². The Balaban J connectivity index is 1.48. The van der Waals surface area contributed by atoms with Crippen molar-refractivity contribution in [2.24, 2.45) is 17.8 Å². The minimum absolute atomic E-state index is 0.00687. The first-order valence-electron chi connectivity index (χ1n) is 8.67. The molecular weight excluding hydrogens is 290 g/mol. The third kappa shape index (κ3) is 2.79. The van der Waals surface area contributed by atoms with Crippen molar-refractivity contribution in [3.8, 4) is 0 Å². The number of amides is 1. The monoisotopic (exact) mass is 315 g/mol. The maximum Gasteiger partial charge on any atom is 0.251 e. The van der Waals surface area contributed by atoms with Crippen LogP contribution in [-0.4, -0.2) is 29.8 Å². The van der Waals surface area contributed by atoms with Gasteiger partial charge in [-0.3, -0.25) is 4.79 Å². The van der Waals surface area contributed by atoms with Gasteiger partial charge in [0, 0.05) is 18.7 Å². The van der Waals surface area contributed by atoms with Gasteiger partial charge in [0.2, 0.25) is 0 Å². The molecule has 0 heterocycles. The molecule has 1 aromatic rings. The third-order valence-corrected chi connectivity index (χ3v) is 6.04. The van der Waals surface area contributed by atoms with Gasteiger partial charge in [-0.05, 0) is 67.6 Å². The average Bonchev–Trinajstić information content (AvgIpc) is 2.50. The van der Waals surface area contributed by atoms with Gasteiger partial charge >= 0.3 is 0 Å². The highest BCUT2D eigenvalue weighted by Crippen LogP contribution is 2.55. The second-order valence-corrected chi connectivity index (χ2v) is 7.83. The highest BCUT2D eigenvalue weighted by Gasteiger charge is 2.55. The quantitative estimate of drug-likeness (QED) is 0.897. The van der Waals surface area contributed by atoms with Crippen LogP contribution in [0.4, 0.5) is 0 Å². The van der Waals surface area contributed by atoms with Crippen LogP contribution in [0.25, 0.3) is 0 Å². The van der Waals surface area contributed by atoms with Gasteiger partial charge in [-0.1, -0.05) is 12.1 Å². The Morgan fingerprint density at radius 3 is 2.70 bits per heavy atom. The zero-order chi connectivity index (χ0) is 16.0. The lowest BCUT2D eigenvalue weighted by atomic mass is 9.52. The Morgan fingerprint density at radius 1 is 1.30 bits per heavy atom. The van der Waals surface area contributed by atoms with E-state index in [0.717, 1.165) is 37.7 Å². The van der Waals surface area contributed by atoms with E-state index in [0.29, 0.717) is 29.9 Å². The SMILES string of the molecule is COCc1cccc(C(=O)NC2C3CC4CC2CC(O)(C4)C3)c1. The average molecular weight is 315 g/mol. The largest absolute Gasteiger partial charge is 0.390 e. The van der Waals surface area contributed by atoms with Crippen LogP contribution in [0.2, 0.25) is 0 Å². The Morgan fingerprint density at radius 2 is 2.04 bits per heavy atom. The van der Waals surface area contributed by atoms with E-state index in [1.165, 1.54) is 0 Å². The van der Waals surface area contributed by atoms with E-state index in [-0.39, 0.29) is 11.9 Å². The first kappa shape index (κ1) is 15.2. The van der Waals surface area contributed by atoms with Crippen molar-refractivity contribution in [2.75, 3.05) is 7.11 Å². The van der Waals surface area contributed by atoms with E-state index < -0.39 is 5.60 Å². The van der Waals surface area contributed by atoms with Gasteiger partial charge < -0.3 is 15.2 Å². The van der Waals surface area contributed by atoms with E-state index >= 15 is 0 Å². The Labute approximate surface area is 137 Å². The highest BCUT2D eigenvalue weighted by molar-refractivity contribution is 5.94. The number of hydrogen-bond acceptors (Lipinski definition) is 3. The molecule has 0 aromatic heterocycles. The van der Waals surface area contributed by atoms with Crippen LogP contribution in [0, 0.1) is 17.8 Å². The maximum absolute atomic E-state index is 12.7. The molecule has 5 rings (SSSR count). The summed E-state index contributed by atoms with van der Waals surface area (Å²) in [6, 6.07) is 7.87. The molecule has 4 bridgehead atoms. The molecular formula is C19H25NO3. The lowest BCUT2D eigenvalue weighted by Gasteiger charge is -2.58. The summed E-state index contributed by atoms with van der Waals surface area (Å²) in [5, 5.41) is 13.9. The zero-order valence-electron chi connectivity index (χ0n) is 13.6. The molecule has 1 amide bonds. The molecule has 0 spiro atoms. The van der Waals surface area contributed by atoms with Crippen molar-refractivity contribution in [1.82, 2.24) is 5.32 Å². The minimum Gasteiger partial charge on any atom is -0.390 e. The summed E-state index contributed by atoms with van der Waals surface area (Å²) in [5.41, 5.74) is 1.27. The predicted molar refractivity (Wildman–Crippen MR) is 86.9 cm³/mol. The minimum atomic E-state index is -0.448. The summed E-state index contributed by atoms with van der Waals surface area (Å²) in [6.07, 6.45) is 5.00. The van der Waals surface area contributed by atoms with Gasteiger partial charge in [-0.15, -0.1) is 0 Å². The van der Waals surface area contributed by atoms with Gasteiger partial charge in [0.25, 0.3) is 5.91 Å². The first-order chi connectivity index (χ1) is 11.1. The van der Waals surface area contributed by atoms with Gasteiger partial charge in [-0.25, -0.2) is 0 Å². The van der Waals surface area contributed by atoms with E-state index in [1.54, 1.807) is 7.11 Å². The number of hydrogen-bond donors (Lipinski definition) is 2. The Bertz CT molecular complexity index is 598. The summed E-state index contributed by atoms with van der Waals surface area (Å²) in [7, 11) is 1.66. The standard InChI is InChI=1S/C19H25NO3/c1-23-11-12-3-2-4-14(5-12)18(21)20-17-15-6-13-7-16(17)10-19(22,8-13)9-15/h2-5,13,15-17,22H,6-11H2,1H3,(H,20,21). The van der Waals surface area contributed by atoms with Crippen molar-refractivity contribution in [3.63, 3.8) is 0 Å². The van der Waals surface area contributed by atoms with Crippen molar-refractivity contribution >= 4 is 5.91 Å². The number of methoxy groups -OCH3 is 1. The number of carbonyl (C=O) groups excluding carboxylic acids is 1. The van der Waals surface area contributed by atoms with E-state index in [2.05, 4.69) is 5.32 Å². The molecule has 2 atom stereocenters. The molecule has 4 fully saturated rings. The molecule has 2 unspecified atom stereocenters. The molecule has 23 heavy (non-hydrogen) atoms. The fraction of sp³-hybridized carbons (Fsp3) is 0.632. The first-order valence-corrected chi connectivity index (χ1v) is 8.67. The molecule has 1 aromatic carbocycles. The van der Waals surface area contributed by atoms with Crippen LogP contribution in [0.3, 0.4) is 0 Å². The molecule has 4 saturated carbocycles. The lowest BCUT2D eigenvalue weighted by molar-refractivity contribution is -0.136. The molecule has 0 aliphatic heterocycles. The van der Waals surface area contributed by atoms with Crippen LogP contribution in [0.1, 0.15) is 48.0 Å². The summed E-state index contributed by atoms with van der Waals surface area (Å²) in [6.45, 7) is 0.518. The molecule has 4 aliphatic carbocycles. The topological polar surface area (TPSA) is 58.6 Å². The number of benzene rings is 1. The molecule has 0 saturated heterocycles. The smallest absolute Gasteiger partial charge is 0.251 e. The van der Waals surface area contributed by atoms with E-state index in [1.807, 2.05) is 24.3 Å². The van der Waals surface area contributed by atoms with Crippen LogP contribution < -0.4 is 5.32 Å². The van der Waals surface area contributed by atoms with E-state index in [9.17, 15) is 9.90 Å². The Hall–Kier alpha value is -1.39. The number of carbonyl (C=O) groups is 1. The molecule has 124 valence electrons. The van der Waals surface area contributed by atoms with Crippen molar-refractivity contribution in [1.29, 1.82) is 0 Å². The van der Waals surface area contributed by atoms with Gasteiger partial charge in [-0.2, -0.15) is 0 Å². The van der Waals surface area contributed by atoms with E-state index in [4.69, 9.17) is 4.74 Å². The van der Waals surface area contributed by atoms with Crippen molar-refractivity contribution in [3.05, 3.63) is 35.4 Å². The third-order valence-electron chi connectivity index (χ3n) is 6.04. The summed E-state index contributed by atoms with van der Waals surface area (Å²) >= 11 is 0. The van der Waals surface area contributed by atoms with Crippen LogP contribution >= 0.6 is 0 Å². The molecule has 2 N–H and O–H groups in total. The molecule has 0 radical (unpaired) electrons. The number of nitrogens with one attached hydrogen (secondary N) is 1. The predicted octanol–water partition coefficient (Wildman–Crippen LogP) is 2.50. The molecule has 4 nitrogen and oxygen atoms in total. The fourth-order valence-corrected chi connectivity index (χ4v) is 5.42. The maximum atomic E-state index is 12.7. The van der Waals surface area contributed by atoms with Gasteiger partial charge in [0.15, 0.2) is 0 Å². The Kier molecular flexibility index (Phi) is 3.69. The van der Waals surface area contributed by atoms with Crippen LogP contribution in [0.5, 0.6) is 0 Å². The number of ether oxygens (including phenoxy) is 1. The molecule has 4 heteroatoms. The fourth-order valence-electron chi connectivity index (χ4n) is 5.42. The van der Waals surface area contributed by atoms with Crippen LogP contribution in [-0.2, 0) is 11.3 Å². The summed E-state index contributed by atoms with van der Waals surface area (Å²) < 4.78 is 5.14. The van der Waals surface area contributed by atoms with Gasteiger partial charge in [0.1, 0.15) is 0 Å². The number of aliphatic hydroxyl groups is 1. The van der Waals surface area contributed by atoms with Crippen molar-refractivity contribution < 1.29 is 14.6 Å². The summed E-state index contributed by atoms with van der Waals surface area (Å²) in [4.78, 5) is 12.7.